The average Bonchev–Trinajstić information content (AvgIpc) is 3.66. The van der Waals surface area contributed by atoms with E-state index in [1.54, 1.807) is 6.07 Å². The zero-order valence-electron chi connectivity index (χ0n) is 25.7. The van der Waals surface area contributed by atoms with Gasteiger partial charge in [0.15, 0.2) is 23.0 Å². The highest BCUT2D eigenvalue weighted by Gasteiger charge is 2.53. The molecule has 1 amide bonds. The number of hydrogen-bond donors (Lipinski definition) is 7. The summed E-state index contributed by atoms with van der Waals surface area (Å²) < 4.78 is 22.2. The third kappa shape index (κ3) is 7.55. The topological polar surface area (TPSA) is 186 Å². The predicted octanol–water partition coefficient (Wildman–Crippen LogP) is 1.22. The van der Waals surface area contributed by atoms with Crippen molar-refractivity contribution < 1.29 is 38.7 Å². The number of phenols is 2. The molecule has 3 unspecified atom stereocenters. The lowest BCUT2D eigenvalue weighted by Crippen LogP contribution is -2.45. The minimum absolute atomic E-state index is 0.0634. The first kappa shape index (κ1) is 32.6. The molecule has 0 radical (unpaired) electrons. The molecule has 13 nitrogen and oxygen atoms in total. The van der Waals surface area contributed by atoms with Crippen LogP contribution < -0.4 is 41.2 Å². The molecule has 45 heavy (non-hydrogen) atoms. The van der Waals surface area contributed by atoms with Gasteiger partial charge in [0.1, 0.15) is 0 Å². The second kappa shape index (κ2) is 15.5. The molecule has 2 aromatic rings. The molecule has 4 atom stereocenters. The number of phenolic OH excluding ortho intramolecular Hbond substituents is 2. The molecule has 13 heteroatoms. The van der Waals surface area contributed by atoms with E-state index < -0.39 is 23.8 Å². The Morgan fingerprint density at radius 1 is 0.911 bits per heavy atom. The van der Waals surface area contributed by atoms with Crippen molar-refractivity contribution in [1.82, 2.24) is 21.3 Å². The second-order valence-corrected chi connectivity index (χ2v) is 11.6. The van der Waals surface area contributed by atoms with Crippen LogP contribution in [0.3, 0.4) is 0 Å². The van der Waals surface area contributed by atoms with E-state index >= 15 is 0 Å². The van der Waals surface area contributed by atoms with Crippen LogP contribution in [0.2, 0.25) is 0 Å². The summed E-state index contributed by atoms with van der Waals surface area (Å²) in [5, 5.41) is 33.9. The molecule has 246 valence electrons. The lowest BCUT2D eigenvalue weighted by Gasteiger charge is -2.39. The summed E-state index contributed by atoms with van der Waals surface area (Å²) in [7, 11) is 1.39. The number of cyclic esters (lactones) is 1. The van der Waals surface area contributed by atoms with Gasteiger partial charge in [0, 0.05) is 11.8 Å². The number of rotatable bonds is 17. The van der Waals surface area contributed by atoms with Crippen LogP contribution in [-0.4, -0.2) is 88.4 Å². The molecular weight excluding hydrogens is 582 g/mol. The molecule has 1 aliphatic carbocycles. The fourth-order valence-corrected chi connectivity index (χ4v) is 6.44. The molecule has 3 aliphatic rings. The smallest absolute Gasteiger partial charge is 0.310 e. The highest BCUT2D eigenvalue weighted by Crippen LogP contribution is 2.55. The van der Waals surface area contributed by atoms with Gasteiger partial charge in [-0.25, -0.2) is 0 Å². The lowest BCUT2D eigenvalue weighted by atomic mass is 9.65. The number of ether oxygens (including phenoxy) is 4. The maximum atomic E-state index is 13.2. The Kier molecular flexibility index (Phi) is 11.2. The minimum atomic E-state index is -0.655. The van der Waals surface area contributed by atoms with Crippen molar-refractivity contribution in [2.75, 3.05) is 66.3 Å². The van der Waals surface area contributed by atoms with E-state index in [2.05, 4.69) is 21.3 Å². The third-order valence-corrected chi connectivity index (χ3v) is 8.67. The summed E-state index contributed by atoms with van der Waals surface area (Å²) >= 11 is 0. The largest absolute Gasteiger partial charge is 0.504 e. The number of benzene rings is 2. The van der Waals surface area contributed by atoms with Crippen molar-refractivity contribution in [3.63, 3.8) is 0 Å². The van der Waals surface area contributed by atoms with Crippen LogP contribution in [0.25, 0.3) is 0 Å². The Bertz CT molecular complexity index is 1340. The quantitative estimate of drug-likeness (QED) is 0.0757. The summed E-state index contributed by atoms with van der Waals surface area (Å²) in [6, 6.07) is 6.19. The first-order chi connectivity index (χ1) is 21.9. The van der Waals surface area contributed by atoms with Gasteiger partial charge in [-0.15, -0.1) is 0 Å². The highest BCUT2D eigenvalue weighted by molar-refractivity contribution is 5.81. The number of hydrogen-bond acceptors (Lipinski definition) is 12. The van der Waals surface area contributed by atoms with Crippen LogP contribution in [0.4, 0.5) is 0 Å². The Hall–Kier alpha value is -3.78. The average molecular weight is 628 g/mol. The molecule has 0 bridgehead atoms. The lowest BCUT2D eigenvalue weighted by molar-refractivity contribution is -0.141. The van der Waals surface area contributed by atoms with E-state index in [-0.39, 0.29) is 49.0 Å². The van der Waals surface area contributed by atoms with Crippen LogP contribution in [0, 0.1) is 11.8 Å². The van der Waals surface area contributed by atoms with Gasteiger partial charge in [-0.2, -0.15) is 0 Å². The first-order valence-electron chi connectivity index (χ1n) is 15.7. The van der Waals surface area contributed by atoms with E-state index in [9.17, 15) is 19.8 Å². The molecule has 0 spiro atoms. The van der Waals surface area contributed by atoms with Crippen LogP contribution in [0.5, 0.6) is 28.7 Å². The summed E-state index contributed by atoms with van der Waals surface area (Å²) in [4.78, 5) is 26.4. The summed E-state index contributed by atoms with van der Waals surface area (Å²) in [6.07, 6.45) is 4.11. The molecule has 1 saturated heterocycles. The van der Waals surface area contributed by atoms with Crippen molar-refractivity contribution in [1.29, 1.82) is 0 Å². The van der Waals surface area contributed by atoms with E-state index in [0.717, 1.165) is 63.0 Å². The van der Waals surface area contributed by atoms with Gasteiger partial charge in [0.2, 0.25) is 18.4 Å². The molecule has 0 aromatic heterocycles. The molecule has 1 fully saturated rings. The fourth-order valence-electron chi connectivity index (χ4n) is 6.44. The van der Waals surface area contributed by atoms with Crippen molar-refractivity contribution in [2.45, 2.75) is 37.6 Å². The maximum Gasteiger partial charge on any atom is 0.310 e. The molecule has 2 aliphatic heterocycles. The number of methoxy groups -OCH3 is 1. The SMILES string of the molecule is COc1cc(C2c3cc4c(cc3C(NC(=O)CNCCCNCCCCNCCCN)[C@H]3COC(=O)C23)OCO4)cc(O)c1O. The van der Waals surface area contributed by atoms with Crippen LogP contribution >= 0.6 is 0 Å². The van der Waals surface area contributed by atoms with Crippen LogP contribution in [0.1, 0.15) is 54.3 Å². The monoisotopic (exact) mass is 627 g/mol. The van der Waals surface area contributed by atoms with Crippen molar-refractivity contribution >= 4 is 11.9 Å². The number of carbonyl (C=O) groups is 2. The number of nitrogens with one attached hydrogen (secondary N) is 4. The molecular formula is C32H45N5O8. The number of esters is 1. The van der Waals surface area contributed by atoms with E-state index in [1.165, 1.54) is 13.2 Å². The summed E-state index contributed by atoms with van der Waals surface area (Å²) in [5.74, 6) is -1.76. The van der Waals surface area contributed by atoms with Crippen LogP contribution in [0.15, 0.2) is 24.3 Å². The zero-order valence-corrected chi connectivity index (χ0v) is 25.7. The molecule has 8 N–H and O–H groups in total. The molecule has 2 heterocycles. The van der Waals surface area contributed by atoms with Crippen molar-refractivity contribution in [3.05, 3.63) is 41.0 Å². The van der Waals surface area contributed by atoms with E-state index in [0.29, 0.717) is 30.2 Å². The predicted molar refractivity (Wildman–Crippen MR) is 166 cm³/mol. The maximum absolute atomic E-state index is 13.2. The number of unbranched alkanes of at least 4 members (excludes halogenated alkanes) is 1. The Balaban J connectivity index is 1.22. The van der Waals surface area contributed by atoms with Gasteiger partial charge >= 0.3 is 5.97 Å². The second-order valence-electron chi connectivity index (χ2n) is 11.6. The number of amides is 1. The third-order valence-electron chi connectivity index (χ3n) is 8.67. The van der Waals surface area contributed by atoms with Gasteiger partial charge < -0.3 is 56.2 Å². The zero-order chi connectivity index (χ0) is 31.8. The standard InChI is InChI=1S/C32H45N5O8/c1-42-26-13-19(12-23(38)31(26)40)28-20-14-24-25(45-18-44-24)15-21(20)30(22-17-43-32(41)29(22)28)37-27(39)16-36-11-5-10-35-8-3-2-7-34-9-4-6-33/h12-15,22,28-30,34-36,38,40H,2-11,16-18,33H2,1H3,(H,37,39)/t22-,28?,29?,30?/m0/s1. The van der Waals surface area contributed by atoms with Gasteiger partial charge in [-0.05, 0) is 106 Å². The Morgan fingerprint density at radius 2 is 1.58 bits per heavy atom. The number of aromatic hydroxyl groups is 2. The fraction of sp³-hybridized carbons (Fsp3) is 0.562. The molecule has 5 rings (SSSR count). The van der Waals surface area contributed by atoms with Gasteiger partial charge in [0.05, 0.1) is 32.2 Å². The minimum Gasteiger partial charge on any atom is -0.504 e. The Morgan fingerprint density at radius 3 is 2.29 bits per heavy atom. The number of fused-ring (bicyclic) bond motifs is 3. The molecule has 0 saturated carbocycles. The summed E-state index contributed by atoms with van der Waals surface area (Å²) in [5.41, 5.74) is 7.58. The number of nitrogens with two attached hydrogens (primary N) is 1. The molecule has 2 aromatic carbocycles. The van der Waals surface area contributed by atoms with Gasteiger partial charge in [-0.1, -0.05) is 0 Å². The van der Waals surface area contributed by atoms with Crippen molar-refractivity contribution in [2.24, 2.45) is 17.6 Å². The van der Waals surface area contributed by atoms with Crippen molar-refractivity contribution in [3.8, 4) is 28.7 Å². The van der Waals surface area contributed by atoms with E-state index in [4.69, 9.17) is 24.7 Å². The van der Waals surface area contributed by atoms with Gasteiger partial charge in [0.25, 0.3) is 0 Å². The van der Waals surface area contributed by atoms with E-state index in [1.807, 2.05) is 12.1 Å². The number of carbonyl (C=O) groups excluding carboxylic acids is 2. The summed E-state index contributed by atoms with van der Waals surface area (Å²) in [6.45, 7) is 5.51. The highest BCUT2D eigenvalue weighted by atomic mass is 16.7. The Labute approximate surface area is 263 Å². The van der Waals surface area contributed by atoms with Gasteiger partial charge in [-0.3, -0.25) is 9.59 Å². The first-order valence-corrected chi connectivity index (χ1v) is 15.7. The normalized spacial score (nSPS) is 21.2. The van der Waals surface area contributed by atoms with Crippen LogP contribution in [-0.2, 0) is 14.3 Å².